The number of nitrogens with one attached hydrogen (secondary N) is 2. The predicted octanol–water partition coefficient (Wildman–Crippen LogP) is 3.46. The van der Waals surface area contributed by atoms with Gasteiger partial charge in [-0.3, -0.25) is 9.59 Å². The minimum absolute atomic E-state index is 0.00568. The van der Waals surface area contributed by atoms with Crippen LogP contribution < -0.4 is 15.5 Å². The second kappa shape index (κ2) is 11.3. The molecule has 0 saturated carbocycles. The number of aromatic carboxylic acids is 1. The van der Waals surface area contributed by atoms with Crippen LogP contribution in [0.1, 0.15) is 29.3 Å². The highest BCUT2D eigenvalue weighted by atomic mass is 32.2. The van der Waals surface area contributed by atoms with E-state index in [1.165, 1.54) is 24.3 Å². The fourth-order valence-electron chi connectivity index (χ4n) is 2.92. The van der Waals surface area contributed by atoms with Crippen LogP contribution >= 0.6 is 11.8 Å². The summed E-state index contributed by atoms with van der Waals surface area (Å²) in [6, 6.07) is 13.8. The molecule has 0 radical (unpaired) electrons. The van der Waals surface area contributed by atoms with Gasteiger partial charge in [-0.05, 0) is 55.0 Å². The Morgan fingerprint density at radius 1 is 1.15 bits per heavy atom. The highest BCUT2D eigenvalue weighted by Gasteiger charge is 2.30. The molecule has 0 aromatic heterocycles. The maximum Gasteiger partial charge on any atom is 0.335 e. The molecule has 3 N–H and O–H groups in total. The van der Waals surface area contributed by atoms with E-state index >= 15 is 0 Å². The van der Waals surface area contributed by atoms with Crippen molar-refractivity contribution in [2.24, 2.45) is 10.2 Å². The van der Waals surface area contributed by atoms with Crippen molar-refractivity contribution in [1.82, 2.24) is 5.32 Å². The number of hydrogen-bond donors (Lipinski definition) is 3. The summed E-state index contributed by atoms with van der Waals surface area (Å²) < 4.78 is 0. The van der Waals surface area contributed by atoms with E-state index in [2.05, 4.69) is 20.8 Å². The van der Waals surface area contributed by atoms with Crippen molar-refractivity contribution in [3.8, 4) is 0 Å². The van der Waals surface area contributed by atoms with Crippen molar-refractivity contribution < 1.29 is 19.5 Å². The third kappa shape index (κ3) is 7.04. The Labute approximate surface area is 201 Å². The molecule has 1 fully saturated rings. The van der Waals surface area contributed by atoms with Gasteiger partial charge in [0.15, 0.2) is 5.17 Å². The molecule has 0 spiro atoms. The van der Waals surface area contributed by atoms with Gasteiger partial charge >= 0.3 is 5.97 Å². The van der Waals surface area contributed by atoms with Crippen molar-refractivity contribution in [1.29, 1.82) is 0 Å². The number of benzene rings is 2. The molecule has 0 aliphatic carbocycles. The zero-order chi connectivity index (χ0) is 24.7. The third-order valence-corrected chi connectivity index (χ3v) is 5.86. The Hall–Kier alpha value is -3.92. The van der Waals surface area contributed by atoms with Crippen LogP contribution in [0.15, 0.2) is 64.8 Å². The van der Waals surface area contributed by atoms with Gasteiger partial charge in [0.1, 0.15) is 5.25 Å². The number of amidine groups is 1. The first-order chi connectivity index (χ1) is 16.2. The van der Waals surface area contributed by atoms with Crippen molar-refractivity contribution in [2.75, 3.05) is 24.3 Å². The molecule has 2 amide bonds. The van der Waals surface area contributed by atoms with Gasteiger partial charge in [-0.25, -0.2) is 4.79 Å². The lowest BCUT2D eigenvalue weighted by atomic mass is 10.2. The van der Waals surface area contributed by atoms with Crippen LogP contribution in [0.3, 0.4) is 0 Å². The Morgan fingerprint density at radius 2 is 1.82 bits per heavy atom. The fourth-order valence-corrected chi connectivity index (χ4v) is 3.85. The maximum atomic E-state index is 12.6. The first-order valence-electron chi connectivity index (χ1n) is 10.4. The highest BCUT2D eigenvalue weighted by molar-refractivity contribution is 8.15. The van der Waals surface area contributed by atoms with Crippen LogP contribution in [0, 0.1) is 0 Å². The van der Waals surface area contributed by atoms with Gasteiger partial charge in [-0.2, -0.15) is 5.10 Å². The SMILES string of the molecule is CC(/C=C/c1ccc(N(C)C)cc1)=N\N=C1\NC(=O)CC(C(=O)Nc2ccc(C(=O)O)cc2)S1. The minimum atomic E-state index is -1.05. The summed E-state index contributed by atoms with van der Waals surface area (Å²) in [5, 5.41) is 22.1. The van der Waals surface area contributed by atoms with Crippen LogP contribution in [0.5, 0.6) is 0 Å². The molecule has 9 nitrogen and oxygen atoms in total. The summed E-state index contributed by atoms with van der Waals surface area (Å²) in [6.07, 6.45) is 3.72. The molecule has 1 aliphatic heterocycles. The number of carbonyl (C=O) groups excluding carboxylic acids is 2. The molecular weight excluding hydrogens is 454 g/mol. The summed E-state index contributed by atoms with van der Waals surface area (Å²) in [5.74, 6) is -1.76. The van der Waals surface area contributed by atoms with Crippen molar-refractivity contribution in [3.05, 3.63) is 65.7 Å². The monoisotopic (exact) mass is 479 g/mol. The lowest BCUT2D eigenvalue weighted by Crippen LogP contribution is -2.41. The second-order valence-electron chi connectivity index (χ2n) is 7.70. The first-order valence-corrected chi connectivity index (χ1v) is 11.3. The van der Waals surface area contributed by atoms with E-state index in [1.54, 1.807) is 6.92 Å². The molecule has 1 heterocycles. The summed E-state index contributed by atoms with van der Waals surface area (Å²) in [7, 11) is 3.96. The second-order valence-corrected chi connectivity index (χ2v) is 8.89. The quantitative estimate of drug-likeness (QED) is 0.413. The van der Waals surface area contributed by atoms with Crippen molar-refractivity contribution in [2.45, 2.75) is 18.6 Å². The maximum absolute atomic E-state index is 12.6. The smallest absolute Gasteiger partial charge is 0.335 e. The molecule has 1 atom stereocenters. The topological polar surface area (TPSA) is 123 Å². The number of amides is 2. The Morgan fingerprint density at radius 3 is 2.44 bits per heavy atom. The highest BCUT2D eigenvalue weighted by Crippen LogP contribution is 2.23. The standard InChI is InChI=1S/C24H25N5O4S/c1-15(4-5-16-6-12-19(13-7-16)29(2)3)27-28-24-26-21(30)14-20(34-24)22(31)25-18-10-8-17(9-11-18)23(32)33/h4-13,20H,14H2,1-3H3,(H,25,31)(H,32,33)(H,26,28,30)/b5-4+,27-15+. The number of thioether (sulfide) groups is 1. The number of carboxylic acid groups (broad SMARTS) is 1. The van der Waals surface area contributed by atoms with Crippen LogP contribution in [0.25, 0.3) is 6.08 Å². The molecule has 10 heteroatoms. The van der Waals surface area contributed by atoms with E-state index in [1.807, 2.05) is 55.4 Å². The van der Waals surface area contributed by atoms with E-state index in [0.29, 0.717) is 11.4 Å². The largest absolute Gasteiger partial charge is 0.478 e. The van der Waals surface area contributed by atoms with Gasteiger partial charge in [-0.1, -0.05) is 30.0 Å². The first kappa shape index (κ1) is 24.7. The van der Waals surface area contributed by atoms with Crippen molar-refractivity contribution >= 4 is 57.9 Å². The van der Waals surface area contributed by atoms with Crippen LogP contribution in [-0.2, 0) is 9.59 Å². The fraction of sp³-hybridized carbons (Fsp3) is 0.208. The van der Waals surface area contributed by atoms with Gasteiger partial charge in [0.2, 0.25) is 11.8 Å². The average molecular weight is 480 g/mol. The molecule has 1 saturated heterocycles. The number of carboxylic acids is 1. The molecule has 3 rings (SSSR count). The van der Waals surface area contributed by atoms with E-state index in [4.69, 9.17) is 5.11 Å². The lowest BCUT2D eigenvalue weighted by Gasteiger charge is -2.21. The van der Waals surface area contributed by atoms with Gasteiger partial charge in [0.05, 0.1) is 11.3 Å². The van der Waals surface area contributed by atoms with E-state index < -0.39 is 11.2 Å². The van der Waals surface area contributed by atoms with Gasteiger partial charge in [0.25, 0.3) is 0 Å². The predicted molar refractivity (Wildman–Crippen MR) is 137 cm³/mol. The molecule has 34 heavy (non-hydrogen) atoms. The minimum Gasteiger partial charge on any atom is -0.478 e. The molecule has 1 unspecified atom stereocenters. The van der Waals surface area contributed by atoms with E-state index in [9.17, 15) is 14.4 Å². The van der Waals surface area contributed by atoms with Gasteiger partial charge < -0.3 is 20.6 Å². The van der Waals surface area contributed by atoms with E-state index in [0.717, 1.165) is 23.0 Å². The molecular formula is C24H25N5O4S. The summed E-state index contributed by atoms with van der Waals surface area (Å²) in [4.78, 5) is 37.7. The third-order valence-electron chi connectivity index (χ3n) is 4.79. The van der Waals surface area contributed by atoms with E-state index in [-0.39, 0.29) is 29.0 Å². The molecule has 2 aromatic rings. The number of hydrogen-bond acceptors (Lipinski definition) is 7. The average Bonchev–Trinajstić information content (AvgIpc) is 2.81. The zero-order valence-electron chi connectivity index (χ0n) is 19.0. The summed E-state index contributed by atoms with van der Waals surface area (Å²) in [6.45, 7) is 1.79. The van der Waals surface area contributed by atoms with Gasteiger partial charge in [-0.15, -0.1) is 5.10 Å². The number of rotatable bonds is 7. The van der Waals surface area contributed by atoms with Gasteiger partial charge in [0, 0.05) is 31.9 Å². The van der Waals surface area contributed by atoms with Crippen molar-refractivity contribution in [3.63, 3.8) is 0 Å². The number of allylic oxidation sites excluding steroid dienone is 1. The molecule has 1 aliphatic rings. The van der Waals surface area contributed by atoms with Crippen LogP contribution in [-0.4, -0.2) is 53.1 Å². The lowest BCUT2D eigenvalue weighted by molar-refractivity contribution is -0.123. The zero-order valence-corrected chi connectivity index (χ0v) is 19.8. The molecule has 2 aromatic carbocycles. The number of anilines is 2. The van der Waals surface area contributed by atoms with Crippen LogP contribution in [0.2, 0.25) is 0 Å². The Kier molecular flexibility index (Phi) is 8.20. The number of carbonyl (C=O) groups is 3. The Bertz CT molecular complexity index is 1150. The normalized spacial score (nSPS) is 17.5. The Balaban J connectivity index is 1.62. The molecule has 0 bridgehead atoms. The van der Waals surface area contributed by atoms with Crippen LogP contribution in [0.4, 0.5) is 11.4 Å². The summed E-state index contributed by atoms with van der Waals surface area (Å²) >= 11 is 1.11. The number of nitrogens with zero attached hydrogens (tertiary/aromatic N) is 3. The molecule has 176 valence electrons. The summed E-state index contributed by atoms with van der Waals surface area (Å²) in [5.41, 5.74) is 3.31.